The van der Waals surface area contributed by atoms with Crippen molar-refractivity contribution in [2.75, 3.05) is 19.8 Å². The summed E-state index contributed by atoms with van der Waals surface area (Å²) in [5.41, 5.74) is 5.44. The highest BCUT2D eigenvalue weighted by Crippen LogP contribution is 2.38. The number of hydrogen-bond donors (Lipinski definition) is 2. The van der Waals surface area contributed by atoms with E-state index in [1.165, 1.54) is 11.8 Å². The van der Waals surface area contributed by atoms with Crippen LogP contribution in [0.5, 0.6) is 0 Å². The van der Waals surface area contributed by atoms with Crippen LogP contribution in [-0.2, 0) is 9.47 Å². The summed E-state index contributed by atoms with van der Waals surface area (Å²) in [5, 5.41) is 7.99. The van der Waals surface area contributed by atoms with Crippen LogP contribution in [0.4, 0.5) is 0 Å². The highest BCUT2D eigenvalue weighted by molar-refractivity contribution is 8.14. The van der Waals surface area contributed by atoms with Crippen molar-refractivity contribution in [2.24, 2.45) is 5.73 Å². The van der Waals surface area contributed by atoms with Gasteiger partial charge < -0.3 is 15.2 Å². The van der Waals surface area contributed by atoms with E-state index in [0.29, 0.717) is 5.25 Å². The van der Waals surface area contributed by atoms with E-state index in [-0.39, 0.29) is 10.8 Å². The molecule has 1 spiro atoms. The molecule has 0 aliphatic carbocycles. The van der Waals surface area contributed by atoms with E-state index in [9.17, 15) is 0 Å². The quantitative estimate of drug-likeness (QED) is 0.527. The fraction of sp³-hybridized carbons (Fsp3) is 0.900. The van der Waals surface area contributed by atoms with Crippen LogP contribution in [0.25, 0.3) is 0 Å². The highest BCUT2D eigenvalue weighted by atomic mass is 32.2. The zero-order chi connectivity index (χ0) is 10.7. The minimum Gasteiger partial charge on any atom is -0.381 e. The van der Waals surface area contributed by atoms with Gasteiger partial charge in [-0.15, -0.1) is 0 Å². The molecule has 86 valence electrons. The summed E-state index contributed by atoms with van der Waals surface area (Å²) in [6.07, 6.45) is 4.00. The Morgan fingerprint density at radius 1 is 1.33 bits per heavy atom. The second kappa shape index (κ2) is 4.72. The van der Waals surface area contributed by atoms with E-state index < -0.39 is 0 Å². The predicted octanol–water partition coefficient (Wildman–Crippen LogP) is 1.34. The molecule has 4 nitrogen and oxygen atoms in total. The van der Waals surface area contributed by atoms with E-state index in [1.807, 2.05) is 0 Å². The number of nitrogens with one attached hydrogen (secondary N) is 1. The van der Waals surface area contributed by atoms with Crippen molar-refractivity contribution in [2.45, 2.75) is 36.5 Å². The van der Waals surface area contributed by atoms with Gasteiger partial charge in [0.15, 0.2) is 5.17 Å². The molecule has 3 N–H and O–H groups in total. The van der Waals surface area contributed by atoms with Crippen LogP contribution in [0.15, 0.2) is 0 Å². The van der Waals surface area contributed by atoms with Crippen molar-refractivity contribution in [3.63, 3.8) is 0 Å². The molecule has 2 rings (SSSR count). The Bertz CT molecular complexity index is 236. The van der Waals surface area contributed by atoms with E-state index in [1.54, 1.807) is 0 Å². The van der Waals surface area contributed by atoms with Crippen LogP contribution in [0.2, 0.25) is 0 Å². The lowest BCUT2D eigenvalue weighted by molar-refractivity contribution is -0.131. The van der Waals surface area contributed by atoms with E-state index in [2.05, 4.69) is 0 Å². The molecule has 2 saturated heterocycles. The van der Waals surface area contributed by atoms with Gasteiger partial charge in [-0.1, -0.05) is 11.8 Å². The van der Waals surface area contributed by atoms with Crippen molar-refractivity contribution in [3.05, 3.63) is 0 Å². The monoisotopic (exact) mass is 230 g/mol. The van der Waals surface area contributed by atoms with Gasteiger partial charge in [0.2, 0.25) is 0 Å². The van der Waals surface area contributed by atoms with Gasteiger partial charge in [0.1, 0.15) is 0 Å². The molecule has 15 heavy (non-hydrogen) atoms. The second-order valence-electron chi connectivity index (χ2n) is 4.24. The van der Waals surface area contributed by atoms with Gasteiger partial charge in [0.05, 0.1) is 5.60 Å². The lowest BCUT2D eigenvalue weighted by atomic mass is 9.86. The summed E-state index contributed by atoms with van der Waals surface area (Å²) < 4.78 is 11.3. The molecule has 0 amide bonds. The number of amidine groups is 1. The molecule has 0 saturated carbocycles. The summed E-state index contributed by atoms with van der Waals surface area (Å²) in [6, 6.07) is 0. The molecule has 2 aliphatic heterocycles. The van der Waals surface area contributed by atoms with Gasteiger partial charge in [0.25, 0.3) is 0 Å². The van der Waals surface area contributed by atoms with Crippen molar-refractivity contribution < 1.29 is 9.47 Å². The first-order valence-electron chi connectivity index (χ1n) is 5.43. The third-order valence-corrected chi connectivity index (χ3v) is 4.14. The average Bonchev–Trinajstić information content (AvgIpc) is 2.17. The standard InChI is InChI=1S/C10H18N2O2S/c11-9(12)15-8-1-4-14-10(7-8)2-5-13-6-3-10/h8H,1-7H2,(H3,11,12). The average molecular weight is 230 g/mol. The van der Waals surface area contributed by atoms with E-state index in [4.69, 9.17) is 20.6 Å². The van der Waals surface area contributed by atoms with Gasteiger partial charge in [-0.05, 0) is 25.7 Å². The molecule has 0 aromatic carbocycles. The molecular formula is C10H18N2O2S. The zero-order valence-electron chi connectivity index (χ0n) is 8.83. The van der Waals surface area contributed by atoms with Crippen LogP contribution in [0, 0.1) is 5.41 Å². The summed E-state index contributed by atoms with van der Waals surface area (Å²) in [4.78, 5) is 0. The molecule has 2 fully saturated rings. The Hall–Kier alpha value is -0.260. The Morgan fingerprint density at radius 3 is 2.73 bits per heavy atom. The maximum Gasteiger partial charge on any atom is 0.151 e. The van der Waals surface area contributed by atoms with Crippen LogP contribution >= 0.6 is 11.8 Å². The van der Waals surface area contributed by atoms with Gasteiger partial charge in [-0.25, -0.2) is 0 Å². The van der Waals surface area contributed by atoms with Gasteiger partial charge >= 0.3 is 0 Å². The summed E-state index contributed by atoms with van der Waals surface area (Å²) >= 11 is 1.48. The van der Waals surface area contributed by atoms with E-state index >= 15 is 0 Å². The van der Waals surface area contributed by atoms with Crippen LogP contribution in [0.3, 0.4) is 0 Å². The van der Waals surface area contributed by atoms with Crippen LogP contribution in [0.1, 0.15) is 25.7 Å². The highest BCUT2D eigenvalue weighted by Gasteiger charge is 2.39. The lowest BCUT2D eigenvalue weighted by Crippen LogP contribution is -2.45. The Morgan fingerprint density at radius 2 is 2.07 bits per heavy atom. The SMILES string of the molecule is N=C(N)SC1CCOC2(CCOCC2)C1. The van der Waals surface area contributed by atoms with Crippen LogP contribution in [-0.4, -0.2) is 35.8 Å². The van der Waals surface area contributed by atoms with E-state index in [0.717, 1.165) is 45.5 Å². The number of hydrogen-bond acceptors (Lipinski definition) is 4. The smallest absolute Gasteiger partial charge is 0.151 e. The summed E-state index contributed by atoms with van der Waals surface area (Å²) in [5.74, 6) is 0. The lowest BCUT2D eigenvalue weighted by Gasteiger charge is -2.42. The molecule has 0 aromatic rings. The molecule has 2 aliphatic rings. The normalized spacial score (nSPS) is 30.3. The van der Waals surface area contributed by atoms with Gasteiger partial charge in [-0.3, -0.25) is 5.41 Å². The first-order chi connectivity index (χ1) is 7.20. The maximum absolute atomic E-state index is 7.31. The number of ether oxygens (including phenoxy) is 2. The molecule has 0 radical (unpaired) electrons. The van der Waals surface area contributed by atoms with Gasteiger partial charge in [0, 0.05) is 25.1 Å². The van der Waals surface area contributed by atoms with Crippen molar-refractivity contribution >= 4 is 16.9 Å². The third-order valence-electron chi connectivity index (χ3n) is 3.15. The Labute approximate surface area is 94.4 Å². The first kappa shape index (κ1) is 11.2. The molecular weight excluding hydrogens is 212 g/mol. The van der Waals surface area contributed by atoms with Crippen molar-refractivity contribution in [1.29, 1.82) is 5.41 Å². The number of rotatable bonds is 1. The minimum atomic E-state index is 0.0175. The fourth-order valence-electron chi connectivity index (χ4n) is 2.35. The fourth-order valence-corrected chi connectivity index (χ4v) is 3.32. The summed E-state index contributed by atoms with van der Waals surface area (Å²) in [6.45, 7) is 2.40. The summed E-state index contributed by atoms with van der Waals surface area (Å²) in [7, 11) is 0. The van der Waals surface area contributed by atoms with Crippen molar-refractivity contribution in [1.82, 2.24) is 0 Å². The predicted molar refractivity (Wildman–Crippen MR) is 61.3 cm³/mol. The minimum absolute atomic E-state index is 0.0175. The molecule has 0 bridgehead atoms. The zero-order valence-corrected chi connectivity index (χ0v) is 9.65. The number of nitrogens with two attached hydrogens (primary N) is 1. The van der Waals surface area contributed by atoms with Crippen molar-refractivity contribution in [3.8, 4) is 0 Å². The molecule has 2 heterocycles. The topological polar surface area (TPSA) is 68.3 Å². The Kier molecular flexibility index (Phi) is 3.53. The Balaban J connectivity index is 1.93. The maximum atomic E-state index is 7.31. The van der Waals surface area contributed by atoms with Crippen LogP contribution < -0.4 is 5.73 Å². The molecule has 1 atom stereocenters. The van der Waals surface area contributed by atoms with Gasteiger partial charge in [-0.2, -0.15) is 0 Å². The molecule has 5 heteroatoms. The number of thioether (sulfide) groups is 1. The largest absolute Gasteiger partial charge is 0.381 e. The second-order valence-corrected chi connectivity index (χ2v) is 5.58. The molecule has 1 unspecified atom stereocenters. The molecule has 0 aromatic heterocycles. The first-order valence-corrected chi connectivity index (χ1v) is 6.31. The third kappa shape index (κ3) is 2.86.